The first kappa shape index (κ1) is 8.75. The molecule has 2 aromatic heterocycles. The number of hydrogen-bond acceptors (Lipinski definition) is 3. The molecule has 2 aromatic rings. The number of fused-ring (bicyclic) bond motifs is 1. The Labute approximate surface area is 81.4 Å². The quantitative estimate of drug-likeness (QED) is 0.677. The third kappa shape index (κ3) is 1.16. The monoisotopic (exact) mass is 189 g/mol. The Bertz CT molecular complexity index is 505. The zero-order chi connectivity index (χ0) is 10.3. The molecule has 0 fully saturated rings. The fraction of sp³-hybridized carbons (Fsp3) is 0.444. The summed E-state index contributed by atoms with van der Waals surface area (Å²) in [5.74, 6) is 0.288. The summed E-state index contributed by atoms with van der Waals surface area (Å²) >= 11 is 0. The second-order valence-electron chi connectivity index (χ2n) is 4.24. The van der Waals surface area contributed by atoms with Crippen molar-refractivity contribution in [1.82, 2.24) is 19.8 Å². The molecule has 1 N–H and O–H groups in total. The van der Waals surface area contributed by atoms with Gasteiger partial charge in [-0.3, -0.25) is 5.10 Å². The first-order valence-corrected chi connectivity index (χ1v) is 4.37. The standard InChI is InChI=1S/C9H11N5/c1-9(2,3)6-4-7-11-12-8(5-10)14(7)13-6/h4,11H,1-3H3. The fourth-order valence-corrected chi connectivity index (χ4v) is 1.22. The van der Waals surface area contributed by atoms with Crippen LogP contribution in [0.25, 0.3) is 5.65 Å². The maximum absolute atomic E-state index is 8.74. The first-order chi connectivity index (χ1) is 6.52. The average Bonchev–Trinajstić information content (AvgIpc) is 2.58. The van der Waals surface area contributed by atoms with Crippen LogP contribution in [-0.4, -0.2) is 19.8 Å². The second kappa shape index (κ2) is 2.58. The summed E-state index contributed by atoms with van der Waals surface area (Å²) in [5, 5.41) is 19.6. The molecule has 5 heteroatoms. The maximum Gasteiger partial charge on any atom is 0.253 e. The topological polar surface area (TPSA) is 69.8 Å². The Hall–Kier alpha value is -1.83. The number of H-pyrrole nitrogens is 1. The summed E-state index contributed by atoms with van der Waals surface area (Å²) in [7, 11) is 0. The van der Waals surface area contributed by atoms with Gasteiger partial charge in [-0.15, -0.1) is 5.10 Å². The van der Waals surface area contributed by atoms with Crippen LogP contribution in [0.2, 0.25) is 0 Å². The number of hydrogen-bond donors (Lipinski definition) is 1. The van der Waals surface area contributed by atoms with Gasteiger partial charge in [0.25, 0.3) is 5.82 Å². The highest BCUT2D eigenvalue weighted by Crippen LogP contribution is 2.21. The summed E-state index contributed by atoms with van der Waals surface area (Å²) in [6.07, 6.45) is 0. The average molecular weight is 189 g/mol. The summed E-state index contributed by atoms with van der Waals surface area (Å²) in [6.45, 7) is 6.23. The smallest absolute Gasteiger partial charge is 0.253 e. The van der Waals surface area contributed by atoms with Crippen molar-refractivity contribution in [1.29, 1.82) is 5.26 Å². The summed E-state index contributed by atoms with van der Waals surface area (Å²) in [4.78, 5) is 0. The molecule has 14 heavy (non-hydrogen) atoms. The van der Waals surface area contributed by atoms with E-state index in [4.69, 9.17) is 5.26 Å². The Morgan fingerprint density at radius 3 is 2.79 bits per heavy atom. The molecular weight excluding hydrogens is 178 g/mol. The van der Waals surface area contributed by atoms with Gasteiger partial charge in [0.2, 0.25) is 0 Å². The lowest BCUT2D eigenvalue weighted by molar-refractivity contribution is 0.562. The molecule has 0 unspecified atom stereocenters. The van der Waals surface area contributed by atoms with Gasteiger partial charge in [0.15, 0.2) is 5.65 Å². The van der Waals surface area contributed by atoms with Gasteiger partial charge in [-0.25, -0.2) is 0 Å². The Morgan fingerprint density at radius 1 is 1.50 bits per heavy atom. The van der Waals surface area contributed by atoms with Gasteiger partial charge < -0.3 is 0 Å². The molecule has 0 bridgehead atoms. The van der Waals surface area contributed by atoms with Crippen molar-refractivity contribution in [2.24, 2.45) is 0 Å². The molecule has 0 aromatic carbocycles. The van der Waals surface area contributed by atoms with Gasteiger partial charge in [0.1, 0.15) is 6.07 Å². The van der Waals surface area contributed by atoms with Crippen molar-refractivity contribution < 1.29 is 0 Å². The lowest BCUT2D eigenvalue weighted by Gasteiger charge is -2.13. The number of nitrogens with zero attached hydrogens (tertiary/aromatic N) is 4. The summed E-state index contributed by atoms with van der Waals surface area (Å²) < 4.78 is 1.53. The van der Waals surface area contributed by atoms with Crippen molar-refractivity contribution in [3.05, 3.63) is 17.6 Å². The minimum Gasteiger partial charge on any atom is -0.258 e. The van der Waals surface area contributed by atoms with E-state index in [1.54, 1.807) is 0 Å². The summed E-state index contributed by atoms with van der Waals surface area (Å²) in [5.41, 5.74) is 1.69. The van der Waals surface area contributed by atoms with E-state index < -0.39 is 0 Å². The zero-order valence-corrected chi connectivity index (χ0v) is 8.37. The lowest BCUT2D eigenvalue weighted by atomic mass is 9.93. The molecule has 0 aliphatic carbocycles. The zero-order valence-electron chi connectivity index (χ0n) is 8.37. The second-order valence-corrected chi connectivity index (χ2v) is 4.24. The lowest BCUT2D eigenvalue weighted by Crippen LogP contribution is -2.12. The van der Waals surface area contributed by atoms with Gasteiger partial charge in [-0.05, 0) is 0 Å². The van der Waals surface area contributed by atoms with E-state index in [0.29, 0.717) is 0 Å². The maximum atomic E-state index is 8.74. The highest BCUT2D eigenvalue weighted by molar-refractivity contribution is 5.42. The molecular formula is C9H11N5. The highest BCUT2D eigenvalue weighted by Gasteiger charge is 2.19. The molecule has 0 saturated heterocycles. The van der Waals surface area contributed by atoms with Crippen molar-refractivity contribution in [2.45, 2.75) is 26.2 Å². The molecule has 0 atom stereocenters. The summed E-state index contributed by atoms with van der Waals surface area (Å²) in [6, 6.07) is 3.88. The van der Waals surface area contributed by atoms with Crippen LogP contribution in [-0.2, 0) is 5.41 Å². The largest absolute Gasteiger partial charge is 0.258 e. The van der Waals surface area contributed by atoms with Crippen molar-refractivity contribution in [3.63, 3.8) is 0 Å². The van der Waals surface area contributed by atoms with E-state index in [2.05, 4.69) is 36.1 Å². The Morgan fingerprint density at radius 2 is 2.21 bits per heavy atom. The van der Waals surface area contributed by atoms with Crippen LogP contribution in [0.4, 0.5) is 0 Å². The van der Waals surface area contributed by atoms with E-state index in [-0.39, 0.29) is 11.2 Å². The Balaban J connectivity index is 2.65. The van der Waals surface area contributed by atoms with Gasteiger partial charge >= 0.3 is 0 Å². The highest BCUT2D eigenvalue weighted by atomic mass is 15.4. The van der Waals surface area contributed by atoms with Gasteiger partial charge in [0, 0.05) is 11.5 Å². The van der Waals surface area contributed by atoms with E-state index in [1.165, 1.54) is 4.52 Å². The SMILES string of the molecule is CC(C)(C)c1cc2[nH]nc(C#N)n2n1. The van der Waals surface area contributed by atoms with E-state index >= 15 is 0 Å². The Kier molecular flexibility index (Phi) is 1.61. The third-order valence-electron chi connectivity index (χ3n) is 2.05. The fourth-order valence-electron chi connectivity index (χ4n) is 1.22. The van der Waals surface area contributed by atoms with Gasteiger partial charge in [0.05, 0.1) is 5.69 Å². The van der Waals surface area contributed by atoms with Crippen LogP contribution in [0.5, 0.6) is 0 Å². The van der Waals surface area contributed by atoms with E-state index in [9.17, 15) is 0 Å². The molecule has 2 rings (SSSR count). The molecule has 5 nitrogen and oxygen atoms in total. The minimum atomic E-state index is -0.0143. The number of nitriles is 1. The molecule has 0 saturated carbocycles. The van der Waals surface area contributed by atoms with Crippen molar-refractivity contribution >= 4 is 5.65 Å². The molecule has 0 radical (unpaired) electrons. The molecule has 0 aliphatic heterocycles. The molecule has 72 valence electrons. The van der Waals surface area contributed by atoms with Crippen LogP contribution in [0.1, 0.15) is 32.3 Å². The van der Waals surface area contributed by atoms with Crippen LogP contribution >= 0.6 is 0 Å². The van der Waals surface area contributed by atoms with E-state index in [0.717, 1.165) is 11.3 Å². The molecule has 0 aliphatic rings. The van der Waals surface area contributed by atoms with Crippen molar-refractivity contribution in [3.8, 4) is 6.07 Å². The molecule has 0 amide bonds. The van der Waals surface area contributed by atoms with Crippen LogP contribution in [0.15, 0.2) is 6.07 Å². The van der Waals surface area contributed by atoms with Crippen LogP contribution in [0.3, 0.4) is 0 Å². The third-order valence-corrected chi connectivity index (χ3v) is 2.05. The van der Waals surface area contributed by atoms with Crippen molar-refractivity contribution in [2.75, 3.05) is 0 Å². The number of nitrogens with one attached hydrogen (secondary N) is 1. The van der Waals surface area contributed by atoms with Crippen LogP contribution in [0, 0.1) is 11.3 Å². The predicted octanol–water partition coefficient (Wildman–Crippen LogP) is 1.23. The van der Waals surface area contributed by atoms with Gasteiger partial charge in [-0.2, -0.15) is 14.9 Å². The molecule has 0 spiro atoms. The van der Waals surface area contributed by atoms with E-state index in [1.807, 2.05) is 12.1 Å². The van der Waals surface area contributed by atoms with Gasteiger partial charge in [-0.1, -0.05) is 20.8 Å². The minimum absolute atomic E-state index is 0.0143. The predicted molar refractivity (Wildman–Crippen MR) is 50.8 cm³/mol. The van der Waals surface area contributed by atoms with Crippen LogP contribution < -0.4 is 0 Å². The number of aromatic amines is 1. The number of rotatable bonds is 0. The number of aromatic nitrogens is 4. The molecule has 2 heterocycles. The first-order valence-electron chi connectivity index (χ1n) is 4.37. The normalized spacial score (nSPS) is 11.9.